The standard InChI is InChI=1S/C3H6NO3S/c1-6-2-3(5)4-7-8/h8H,2H2,1H3/q+1. The van der Waals surface area contributed by atoms with Crippen LogP contribution in [0.4, 0.5) is 0 Å². The smallest absolute Gasteiger partial charge is 0.370 e. The van der Waals surface area contributed by atoms with Gasteiger partial charge in [0, 0.05) is 7.11 Å². The number of carbonyl (C=O) groups is 1. The third-order valence-electron chi connectivity index (χ3n) is 0.410. The number of nitrogens with zero attached hydrogens (tertiary/aromatic N) is 1. The van der Waals surface area contributed by atoms with E-state index in [0.29, 0.717) is 0 Å². The number of hydrogen-bond acceptors (Lipinski definition) is 4. The molecule has 0 bridgehead atoms. The molecule has 0 N–H and O–H groups in total. The average molecular weight is 136 g/mol. The van der Waals surface area contributed by atoms with Crippen molar-refractivity contribution in [1.82, 2.24) is 5.48 Å². The largest absolute Gasteiger partial charge is 0.497 e. The molecule has 0 aromatic rings. The van der Waals surface area contributed by atoms with Gasteiger partial charge in [-0.1, -0.05) is 0 Å². The Morgan fingerprint density at radius 3 is 2.88 bits per heavy atom. The number of rotatable bonds is 3. The normalized spacial score (nSPS) is 9.25. The highest BCUT2D eigenvalue weighted by atomic mass is 32.1. The highest BCUT2D eigenvalue weighted by Gasteiger charge is 2.18. The van der Waals surface area contributed by atoms with Crippen LogP contribution < -0.4 is 5.48 Å². The van der Waals surface area contributed by atoms with Crippen LogP contribution in [0, 0.1) is 0 Å². The molecule has 1 amide bonds. The summed E-state index contributed by atoms with van der Waals surface area (Å²) in [4.78, 5) is 10.2. The van der Waals surface area contributed by atoms with E-state index in [-0.39, 0.29) is 6.61 Å². The van der Waals surface area contributed by atoms with Gasteiger partial charge in [0.25, 0.3) is 0 Å². The maximum atomic E-state index is 10.2. The maximum absolute atomic E-state index is 10.2. The molecule has 8 heavy (non-hydrogen) atoms. The summed E-state index contributed by atoms with van der Waals surface area (Å²) in [7, 11) is 1.39. The van der Waals surface area contributed by atoms with E-state index in [9.17, 15) is 4.79 Å². The molecule has 0 fully saturated rings. The fraction of sp³-hybridized carbons (Fsp3) is 0.667. The Morgan fingerprint density at radius 2 is 2.50 bits per heavy atom. The monoisotopic (exact) mass is 136 g/mol. The quantitative estimate of drug-likeness (QED) is 0.324. The van der Waals surface area contributed by atoms with Crippen molar-refractivity contribution in [2.45, 2.75) is 0 Å². The van der Waals surface area contributed by atoms with E-state index in [1.165, 1.54) is 7.11 Å². The van der Waals surface area contributed by atoms with Crippen LogP contribution in [0.2, 0.25) is 0 Å². The first-order valence-electron chi connectivity index (χ1n) is 1.84. The van der Waals surface area contributed by atoms with Crippen LogP contribution in [0.25, 0.3) is 0 Å². The van der Waals surface area contributed by atoms with Crippen LogP contribution >= 0.6 is 12.9 Å². The fourth-order valence-corrected chi connectivity index (χ4v) is 0.286. The molecular weight excluding hydrogens is 130 g/mol. The molecule has 0 aliphatic carbocycles. The van der Waals surface area contributed by atoms with Gasteiger partial charge in [-0.2, -0.15) is 0 Å². The second kappa shape index (κ2) is 5.04. The summed E-state index contributed by atoms with van der Waals surface area (Å²) >= 11 is 3.21. The van der Waals surface area contributed by atoms with Gasteiger partial charge in [-0.15, -0.1) is 0 Å². The lowest BCUT2D eigenvalue weighted by Gasteiger charge is -1.79. The van der Waals surface area contributed by atoms with Crippen molar-refractivity contribution >= 4 is 18.8 Å². The zero-order valence-corrected chi connectivity index (χ0v) is 5.22. The van der Waals surface area contributed by atoms with Crippen LogP contribution in [0.3, 0.4) is 0 Å². The van der Waals surface area contributed by atoms with Gasteiger partial charge in [0.1, 0.15) is 0 Å². The van der Waals surface area contributed by atoms with E-state index in [1.807, 2.05) is 0 Å². The predicted octanol–water partition coefficient (Wildman–Crippen LogP) is -0.460. The zero-order valence-electron chi connectivity index (χ0n) is 4.33. The van der Waals surface area contributed by atoms with E-state index in [4.69, 9.17) is 0 Å². The zero-order chi connectivity index (χ0) is 6.41. The summed E-state index contributed by atoms with van der Waals surface area (Å²) in [5.74, 6) is -0.484. The van der Waals surface area contributed by atoms with E-state index < -0.39 is 5.91 Å². The maximum Gasteiger partial charge on any atom is 0.497 e. The Balaban J connectivity index is 3.06. The molecule has 0 spiro atoms. The highest BCUT2D eigenvalue weighted by Crippen LogP contribution is 1.75. The molecule has 0 aliphatic heterocycles. The Morgan fingerprint density at radius 1 is 1.88 bits per heavy atom. The number of hydroxylamine groups is 1. The number of carbonyl (C=O) groups excluding carboxylic acids is 1. The van der Waals surface area contributed by atoms with Crippen molar-refractivity contribution in [2.24, 2.45) is 0 Å². The van der Waals surface area contributed by atoms with Gasteiger partial charge in [0.15, 0.2) is 6.61 Å². The van der Waals surface area contributed by atoms with Gasteiger partial charge in [-0.25, -0.2) is 4.79 Å². The Labute approximate surface area is 52.7 Å². The minimum absolute atomic E-state index is 0.0689. The number of ether oxygens (including phenoxy) is 1. The molecule has 4 nitrogen and oxygen atoms in total. The van der Waals surface area contributed by atoms with E-state index in [1.54, 1.807) is 0 Å². The van der Waals surface area contributed by atoms with Crippen molar-refractivity contribution < 1.29 is 13.8 Å². The van der Waals surface area contributed by atoms with Crippen LogP contribution in [-0.4, -0.2) is 19.6 Å². The van der Waals surface area contributed by atoms with Gasteiger partial charge < -0.3 is 4.74 Å². The lowest BCUT2D eigenvalue weighted by atomic mass is 10.7. The van der Waals surface area contributed by atoms with Gasteiger partial charge in [-0.05, 0) is 4.28 Å². The molecule has 0 aromatic carbocycles. The van der Waals surface area contributed by atoms with Crippen molar-refractivity contribution in [3.05, 3.63) is 0 Å². The number of thiol groups is 1. The number of amides is 1. The Bertz CT molecular complexity index is 68.9. The number of hydrogen-bond donors (Lipinski definition) is 1. The molecule has 0 unspecified atom stereocenters. The van der Waals surface area contributed by atoms with E-state index in [0.717, 1.165) is 0 Å². The third kappa shape index (κ3) is 4.07. The lowest BCUT2D eigenvalue weighted by Crippen LogP contribution is -2.17. The molecule has 0 saturated heterocycles. The number of methoxy groups -OCH3 is 1. The summed E-state index contributed by atoms with van der Waals surface area (Å²) in [6.45, 7) is -0.0689. The van der Waals surface area contributed by atoms with Crippen LogP contribution in [0.15, 0.2) is 0 Å². The Kier molecular flexibility index (Phi) is 4.98. The summed E-state index contributed by atoms with van der Waals surface area (Å²) in [6.07, 6.45) is 0. The summed E-state index contributed by atoms with van der Waals surface area (Å²) in [5.41, 5.74) is 2.91. The van der Waals surface area contributed by atoms with Crippen molar-refractivity contribution in [1.29, 1.82) is 0 Å². The van der Waals surface area contributed by atoms with Crippen LogP contribution in [0.1, 0.15) is 0 Å². The molecule has 46 valence electrons. The van der Waals surface area contributed by atoms with Crippen molar-refractivity contribution in [2.75, 3.05) is 13.7 Å². The molecule has 0 heterocycles. The molecule has 0 atom stereocenters. The van der Waals surface area contributed by atoms with E-state index >= 15 is 0 Å². The molecule has 2 radical (unpaired) electrons. The predicted molar refractivity (Wildman–Crippen MR) is 29.1 cm³/mol. The molecule has 0 rings (SSSR count). The minimum Gasteiger partial charge on any atom is -0.370 e. The van der Waals surface area contributed by atoms with Gasteiger partial charge in [0.05, 0.1) is 12.9 Å². The van der Waals surface area contributed by atoms with Crippen LogP contribution in [-0.2, 0) is 13.8 Å². The molecular formula is C3H6NO3S+. The summed E-state index contributed by atoms with van der Waals surface area (Å²) in [5, 5.41) is 0. The average Bonchev–Trinajstić information content (AvgIpc) is 1.68. The molecule has 5 heteroatoms. The summed E-state index contributed by atoms with van der Waals surface area (Å²) in [6, 6.07) is 0. The minimum atomic E-state index is -0.484. The van der Waals surface area contributed by atoms with Gasteiger partial charge in [-0.3, -0.25) is 0 Å². The molecule has 0 aliphatic rings. The second-order valence-electron chi connectivity index (χ2n) is 1.000. The Hall–Kier alpha value is -0.100. The first-order valence-corrected chi connectivity index (χ1v) is 2.21. The first-order chi connectivity index (χ1) is 3.81. The molecule has 0 aromatic heterocycles. The fourth-order valence-electron chi connectivity index (χ4n) is 0.195. The van der Waals surface area contributed by atoms with Crippen molar-refractivity contribution in [3.63, 3.8) is 0 Å². The first kappa shape index (κ1) is 7.90. The molecule has 0 saturated carbocycles. The third-order valence-corrected chi connectivity index (χ3v) is 0.492. The van der Waals surface area contributed by atoms with Crippen molar-refractivity contribution in [3.8, 4) is 0 Å². The summed E-state index contributed by atoms with van der Waals surface area (Å²) < 4.78 is 8.24. The van der Waals surface area contributed by atoms with Crippen LogP contribution in [0.5, 0.6) is 0 Å². The lowest BCUT2D eigenvalue weighted by molar-refractivity contribution is -0.131. The highest BCUT2D eigenvalue weighted by molar-refractivity contribution is 7.75. The van der Waals surface area contributed by atoms with E-state index in [2.05, 4.69) is 27.4 Å². The van der Waals surface area contributed by atoms with Gasteiger partial charge in [0.2, 0.25) is 0 Å². The topological polar surface area (TPSA) is 49.6 Å². The SMILES string of the molecule is COCC(=O)[N+]OS. The second-order valence-corrected chi connectivity index (χ2v) is 1.16. The van der Waals surface area contributed by atoms with Gasteiger partial charge >= 0.3 is 11.4 Å².